The first-order chi connectivity index (χ1) is 34.3. The Morgan fingerprint density at radius 1 is 0.904 bits per heavy atom. The van der Waals surface area contributed by atoms with Crippen LogP contribution >= 0.6 is 11.3 Å². The van der Waals surface area contributed by atoms with Crippen LogP contribution < -0.4 is 31.7 Å². The standard InChI is InChI=1S/C52H59F4N9O7S/c1-27-23-64(24-28(2)63(27)8)41-16-14-33(18-40(41)61-48(70)37-21-57-43(67)20-38(37)52(54,55)56)36-17-34(13-15-39(36)53)47(69)58-22-44(68)62-46(51(5,6)7)50(72)65-25-35(66)19-42(65)49(71)60-29(3)31-9-11-32(12-10-31)45-30(4)59-26-73-45/h9-18,20-21,26-29,35,42,46,66H,19,22-25H2,1-8H3,(H,57,67)(H,58,69)(H,60,71)(H,61,70)(H,62,68)/t27-,28+,29?,35-,42+,46?/m1/s1. The van der Waals surface area contributed by atoms with E-state index in [0.717, 1.165) is 27.8 Å². The van der Waals surface area contributed by atoms with Crippen LogP contribution in [0.25, 0.3) is 21.6 Å². The van der Waals surface area contributed by atoms with Crippen LogP contribution in [-0.4, -0.2) is 118 Å². The van der Waals surface area contributed by atoms with Gasteiger partial charge in [-0.3, -0.25) is 33.7 Å². The van der Waals surface area contributed by atoms with Crippen LogP contribution in [0.3, 0.4) is 0 Å². The number of aryl methyl sites for hydroxylation is 1. The number of carbonyl (C=O) groups is 5. The molecule has 3 aromatic carbocycles. The van der Waals surface area contributed by atoms with E-state index < -0.39 is 94.4 Å². The average molecular weight is 1030 g/mol. The monoisotopic (exact) mass is 1030 g/mol. The number of alkyl halides is 3. The van der Waals surface area contributed by atoms with Gasteiger partial charge in [-0.2, -0.15) is 13.2 Å². The molecule has 2 aromatic heterocycles. The number of halogens is 4. The summed E-state index contributed by atoms with van der Waals surface area (Å²) in [6.45, 7) is 13.1. The molecule has 0 bridgehead atoms. The molecule has 0 spiro atoms. The molecule has 0 radical (unpaired) electrons. The highest BCUT2D eigenvalue weighted by atomic mass is 32.1. The minimum Gasteiger partial charge on any atom is -0.391 e. The Morgan fingerprint density at radius 3 is 2.21 bits per heavy atom. The molecule has 6 atom stereocenters. The number of amides is 5. The molecule has 0 aliphatic carbocycles. The molecule has 2 aliphatic rings. The van der Waals surface area contributed by atoms with Crippen molar-refractivity contribution in [1.29, 1.82) is 0 Å². The highest BCUT2D eigenvalue weighted by Gasteiger charge is 2.45. The molecule has 2 unspecified atom stereocenters. The lowest BCUT2D eigenvalue weighted by molar-refractivity contribution is -0.144. The van der Waals surface area contributed by atoms with E-state index in [9.17, 15) is 47.0 Å². The van der Waals surface area contributed by atoms with Crippen molar-refractivity contribution in [3.63, 3.8) is 0 Å². The fourth-order valence-corrected chi connectivity index (χ4v) is 9.95. The molecule has 2 saturated heterocycles. The van der Waals surface area contributed by atoms with Crippen molar-refractivity contribution >= 4 is 52.2 Å². The van der Waals surface area contributed by atoms with Crippen molar-refractivity contribution in [3.8, 4) is 21.6 Å². The quantitative estimate of drug-likeness (QED) is 0.0705. The largest absolute Gasteiger partial charge is 0.417 e. The van der Waals surface area contributed by atoms with E-state index in [4.69, 9.17) is 0 Å². The molecular weight excluding hydrogens is 971 g/mol. The lowest BCUT2D eigenvalue weighted by Gasteiger charge is -2.44. The predicted molar refractivity (Wildman–Crippen MR) is 269 cm³/mol. The number of hydrogen-bond acceptors (Lipinski definition) is 11. The van der Waals surface area contributed by atoms with Gasteiger partial charge in [-0.05, 0) is 87.2 Å². The van der Waals surface area contributed by atoms with Crippen LogP contribution in [0.2, 0.25) is 0 Å². The second kappa shape index (κ2) is 21.6. The number of aliphatic hydroxyl groups excluding tert-OH is 1. The number of aliphatic hydroxyl groups is 1. The van der Waals surface area contributed by atoms with Crippen molar-refractivity contribution < 1.29 is 46.6 Å². The second-order valence-electron chi connectivity index (χ2n) is 19.8. The maximum atomic E-state index is 15.7. The van der Waals surface area contributed by atoms with E-state index in [1.165, 1.54) is 34.4 Å². The first kappa shape index (κ1) is 53.8. The summed E-state index contributed by atoms with van der Waals surface area (Å²) >= 11 is 1.53. The van der Waals surface area contributed by atoms with Crippen molar-refractivity contribution in [1.82, 2.24) is 35.7 Å². The predicted octanol–water partition coefficient (Wildman–Crippen LogP) is 6.51. The molecule has 388 valence electrons. The zero-order valence-electron chi connectivity index (χ0n) is 41.6. The number of nitrogens with zero attached hydrogens (tertiary/aromatic N) is 4. The zero-order valence-corrected chi connectivity index (χ0v) is 42.4. The molecule has 0 saturated carbocycles. The highest BCUT2D eigenvalue weighted by Crippen LogP contribution is 2.37. The summed E-state index contributed by atoms with van der Waals surface area (Å²) in [4.78, 5) is 93.5. The van der Waals surface area contributed by atoms with Gasteiger partial charge in [0.1, 0.15) is 17.9 Å². The summed E-state index contributed by atoms with van der Waals surface area (Å²) < 4.78 is 57.8. The van der Waals surface area contributed by atoms with Gasteiger partial charge in [-0.1, -0.05) is 51.1 Å². The van der Waals surface area contributed by atoms with Crippen molar-refractivity contribution in [2.45, 2.75) is 97.4 Å². The number of carbonyl (C=O) groups excluding carboxylic acids is 5. The van der Waals surface area contributed by atoms with E-state index in [2.05, 4.69) is 36.1 Å². The van der Waals surface area contributed by atoms with Crippen LogP contribution in [0, 0.1) is 18.2 Å². The number of anilines is 2. The van der Waals surface area contributed by atoms with Crippen molar-refractivity contribution in [3.05, 3.63) is 123 Å². The van der Waals surface area contributed by atoms with Gasteiger partial charge in [-0.25, -0.2) is 9.37 Å². The number of thiazole rings is 1. The maximum Gasteiger partial charge on any atom is 0.417 e. The number of hydrogen-bond donors (Lipinski definition) is 6. The Balaban J connectivity index is 1.05. The average Bonchev–Trinajstić information content (AvgIpc) is 3.95. The van der Waals surface area contributed by atoms with Crippen LogP contribution in [0.4, 0.5) is 28.9 Å². The number of likely N-dealkylation sites (tertiary alicyclic amines) is 1. The molecule has 16 nitrogen and oxygen atoms in total. The highest BCUT2D eigenvalue weighted by molar-refractivity contribution is 7.13. The van der Waals surface area contributed by atoms with E-state index in [-0.39, 0.29) is 47.4 Å². The van der Waals surface area contributed by atoms with Gasteiger partial charge in [0.2, 0.25) is 23.3 Å². The molecule has 4 heterocycles. The zero-order chi connectivity index (χ0) is 53.3. The number of pyridine rings is 1. The van der Waals surface area contributed by atoms with Gasteiger partial charge in [0.05, 0.1) is 57.3 Å². The molecule has 6 N–H and O–H groups in total. The first-order valence-corrected chi connectivity index (χ1v) is 24.6. The number of nitrogens with one attached hydrogen (secondary N) is 5. The Hall–Kier alpha value is -6.97. The fraction of sp³-hybridized carbons (Fsp3) is 0.404. The Bertz CT molecular complexity index is 2940. The van der Waals surface area contributed by atoms with E-state index in [1.807, 2.05) is 63.9 Å². The number of aromatic amines is 1. The molecule has 2 aliphatic heterocycles. The van der Waals surface area contributed by atoms with Gasteiger partial charge in [0, 0.05) is 61.5 Å². The number of piperazine rings is 1. The van der Waals surface area contributed by atoms with Crippen LogP contribution in [0.1, 0.15) is 91.5 Å². The number of β-amino-alcohol motifs (C(OH)–C–C–N with tert-alkyl or cyclic N) is 1. The van der Waals surface area contributed by atoms with E-state index in [1.54, 1.807) is 38.4 Å². The third kappa shape index (κ3) is 12.3. The van der Waals surface area contributed by atoms with Gasteiger partial charge >= 0.3 is 6.18 Å². The smallest absolute Gasteiger partial charge is 0.391 e. The number of likely N-dealkylation sites (N-methyl/N-ethyl adjacent to an activating group) is 1. The van der Waals surface area contributed by atoms with Crippen molar-refractivity contribution in [2.24, 2.45) is 5.41 Å². The van der Waals surface area contributed by atoms with E-state index in [0.29, 0.717) is 31.0 Å². The van der Waals surface area contributed by atoms with Crippen LogP contribution in [-0.2, 0) is 20.6 Å². The van der Waals surface area contributed by atoms with Gasteiger partial charge < -0.3 is 41.2 Å². The summed E-state index contributed by atoms with van der Waals surface area (Å²) in [6, 6.07) is 13.3. The first-order valence-electron chi connectivity index (χ1n) is 23.7. The van der Waals surface area contributed by atoms with Crippen molar-refractivity contribution in [2.75, 3.05) is 43.4 Å². The SMILES string of the molecule is Cc1ncsc1-c1ccc(C(C)NC(=O)[C@@H]2C[C@@H](O)CN2C(=O)C(NC(=O)CNC(=O)c2ccc(F)c(-c3ccc(N4C[C@@H](C)N(C)[C@@H](C)C4)c(NC(=O)c4c[nH]c(=O)cc4C(F)(F)F)c3)c2)C(C)(C)C)cc1. The van der Waals surface area contributed by atoms with Gasteiger partial charge in [0.15, 0.2) is 0 Å². The van der Waals surface area contributed by atoms with Gasteiger partial charge in [-0.15, -0.1) is 11.3 Å². The minimum absolute atomic E-state index is 0.0249. The Kier molecular flexibility index (Phi) is 15.9. The van der Waals surface area contributed by atoms with Gasteiger partial charge in [0.25, 0.3) is 11.8 Å². The molecule has 5 aromatic rings. The topological polar surface area (TPSA) is 209 Å². The van der Waals surface area contributed by atoms with Crippen LogP contribution in [0.15, 0.2) is 83.2 Å². The molecular formula is C52H59F4N9O7S. The Morgan fingerprint density at radius 2 is 1.58 bits per heavy atom. The van der Waals surface area contributed by atoms with Crippen LogP contribution in [0.5, 0.6) is 0 Å². The minimum atomic E-state index is -5.04. The second-order valence-corrected chi connectivity index (χ2v) is 20.7. The lowest BCUT2D eigenvalue weighted by Crippen LogP contribution is -2.58. The Labute approximate surface area is 423 Å². The normalized spacial score (nSPS) is 19.2. The summed E-state index contributed by atoms with van der Waals surface area (Å²) in [7, 11) is 1.96. The lowest BCUT2D eigenvalue weighted by atomic mass is 9.85. The molecule has 7 rings (SSSR count). The number of aromatic nitrogens is 2. The molecule has 73 heavy (non-hydrogen) atoms. The number of H-pyrrole nitrogens is 1. The third-order valence-corrected chi connectivity index (χ3v) is 14.4. The number of rotatable bonds is 13. The summed E-state index contributed by atoms with van der Waals surface area (Å²) in [5, 5.41) is 21.4. The summed E-state index contributed by atoms with van der Waals surface area (Å²) in [6.07, 6.45) is -5.39. The summed E-state index contributed by atoms with van der Waals surface area (Å²) in [5.41, 5.74) is 0.679. The molecule has 5 amide bonds. The van der Waals surface area contributed by atoms with E-state index >= 15 is 4.39 Å². The third-order valence-electron chi connectivity index (χ3n) is 13.4. The molecule has 2 fully saturated rings. The molecule has 21 heteroatoms. The maximum absolute atomic E-state index is 15.7. The fourth-order valence-electron chi connectivity index (χ4n) is 9.14. The summed E-state index contributed by atoms with van der Waals surface area (Å²) in [5.74, 6) is -4.60. The number of benzene rings is 3.